The molecule has 1 heterocycles. The first-order valence-electron chi connectivity index (χ1n) is 6.97. The number of rotatable bonds is 3. The summed E-state index contributed by atoms with van der Waals surface area (Å²) in [5, 5.41) is 12.0. The summed E-state index contributed by atoms with van der Waals surface area (Å²) in [5.41, 5.74) is 7.59. The summed E-state index contributed by atoms with van der Waals surface area (Å²) < 4.78 is 0. The van der Waals surface area contributed by atoms with Crippen LogP contribution in [0.15, 0.2) is 18.2 Å². The van der Waals surface area contributed by atoms with Crippen molar-refractivity contribution in [3.8, 4) is 6.07 Å². The molecule has 106 valence electrons. The molecule has 0 bridgehead atoms. The van der Waals surface area contributed by atoms with Crippen LogP contribution in [0.25, 0.3) is 0 Å². The molecule has 1 atom stereocenters. The predicted molar refractivity (Wildman–Crippen MR) is 79.1 cm³/mol. The second-order valence-electron chi connectivity index (χ2n) is 5.17. The van der Waals surface area contributed by atoms with Crippen LogP contribution in [0.2, 0.25) is 0 Å². The number of carbonyl (C=O) groups is 1. The number of piperidine rings is 1. The number of likely N-dealkylation sites (tertiary alicyclic amines) is 1. The molecule has 1 fully saturated rings. The van der Waals surface area contributed by atoms with Crippen molar-refractivity contribution in [3.63, 3.8) is 0 Å². The van der Waals surface area contributed by atoms with E-state index in [1.165, 1.54) is 6.42 Å². The molecule has 1 saturated heterocycles. The normalized spacial score (nSPS) is 16.3. The van der Waals surface area contributed by atoms with Gasteiger partial charge in [-0.25, -0.2) is 0 Å². The quantitative estimate of drug-likeness (QED) is 0.824. The number of nitrogen functional groups attached to an aromatic ring is 1. The third kappa shape index (κ3) is 3.21. The molecule has 1 unspecified atom stereocenters. The lowest BCUT2D eigenvalue weighted by molar-refractivity contribution is -0.132. The molecule has 5 nitrogen and oxygen atoms in total. The lowest BCUT2D eigenvalue weighted by Crippen LogP contribution is -2.44. The first-order valence-corrected chi connectivity index (χ1v) is 6.97. The standard InChI is InChI=1S/C15H20N4O/c1-11(15(20)19-7-3-2-4-8-19)18-14-9-12(10-16)5-6-13(14)17/h5-6,9,11,18H,2-4,7-8,17H2,1H3. The summed E-state index contributed by atoms with van der Waals surface area (Å²) in [6.45, 7) is 3.49. The Morgan fingerprint density at radius 2 is 2.10 bits per heavy atom. The second-order valence-corrected chi connectivity index (χ2v) is 5.17. The molecule has 1 aliphatic rings. The number of nitrogens with zero attached hydrogens (tertiary/aromatic N) is 2. The van der Waals surface area contributed by atoms with E-state index in [-0.39, 0.29) is 11.9 Å². The van der Waals surface area contributed by atoms with Crippen LogP contribution in [0.3, 0.4) is 0 Å². The van der Waals surface area contributed by atoms with Crippen molar-refractivity contribution in [1.82, 2.24) is 4.90 Å². The number of carbonyl (C=O) groups excluding carboxylic acids is 1. The Kier molecular flexibility index (Phi) is 4.46. The monoisotopic (exact) mass is 272 g/mol. The molecular formula is C15H20N4O. The smallest absolute Gasteiger partial charge is 0.244 e. The maximum absolute atomic E-state index is 12.3. The van der Waals surface area contributed by atoms with E-state index in [9.17, 15) is 4.79 Å². The van der Waals surface area contributed by atoms with Gasteiger partial charge < -0.3 is 16.0 Å². The van der Waals surface area contributed by atoms with Crippen LogP contribution in [0.5, 0.6) is 0 Å². The van der Waals surface area contributed by atoms with Gasteiger partial charge in [0.2, 0.25) is 5.91 Å². The maximum atomic E-state index is 12.3. The van der Waals surface area contributed by atoms with Gasteiger partial charge in [0.25, 0.3) is 0 Å². The average molecular weight is 272 g/mol. The third-order valence-electron chi connectivity index (χ3n) is 3.59. The average Bonchev–Trinajstić information content (AvgIpc) is 2.49. The van der Waals surface area contributed by atoms with Crippen molar-refractivity contribution in [2.24, 2.45) is 0 Å². The molecule has 1 aliphatic heterocycles. The van der Waals surface area contributed by atoms with Gasteiger partial charge in [0.1, 0.15) is 6.04 Å². The van der Waals surface area contributed by atoms with Crippen molar-refractivity contribution in [1.29, 1.82) is 5.26 Å². The molecular weight excluding hydrogens is 252 g/mol. The highest BCUT2D eigenvalue weighted by atomic mass is 16.2. The first kappa shape index (κ1) is 14.2. The molecule has 0 aromatic heterocycles. The molecule has 2 rings (SSSR count). The Labute approximate surface area is 119 Å². The van der Waals surface area contributed by atoms with Gasteiger partial charge in [0.15, 0.2) is 0 Å². The minimum atomic E-state index is -0.343. The fourth-order valence-electron chi connectivity index (χ4n) is 2.43. The number of hydrogen-bond donors (Lipinski definition) is 2. The number of nitrogens with one attached hydrogen (secondary N) is 1. The molecule has 0 aliphatic carbocycles. The van der Waals surface area contributed by atoms with E-state index in [4.69, 9.17) is 11.0 Å². The van der Waals surface area contributed by atoms with Crippen LogP contribution in [-0.4, -0.2) is 29.9 Å². The van der Waals surface area contributed by atoms with Crippen LogP contribution < -0.4 is 11.1 Å². The van der Waals surface area contributed by atoms with E-state index in [2.05, 4.69) is 11.4 Å². The third-order valence-corrected chi connectivity index (χ3v) is 3.59. The second kappa shape index (κ2) is 6.29. The van der Waals surface area contributed by atoms with Gasteiger partial charge in [0.05, 0.1) is 23.0 Å². The van der Waals surface area contributed by atoms with Gasteiger partial charge in [-0.2, -0.15) is 5.26 Å². The molecule has 3 N–H and O–H groups in total. The van der Waals surface area contributed by atoms with Crippen LogP contribution >= 0.6 is 0 Å². The number of anilines is 2. The van der Waals surface area contributed by atoms with Crippen LogP contribution in [0.4, 0.5) is 11.4 Å². The van der Waals surface area contributed by atoms with Crippen molar-refractivity contribution in [2.75, 3.05) is 24.1 Å². The number of hydrogen-bond acceptors (Lipinski definition) is 4. The topological polar surface area (TPSA) is 82.1 Å². The lowest BCUT2D eigenvalue weighted by Gasteiger charge is -2.30. The van der Waals surface area contributed by atoms with E-state index in [0.717, 1.165) is 25.9 Å². The minimum absolute atomic E-state index is 0.0893. The SMILES string of the molecule is CC(Nc1cc(C#N)ccc1N)C(=O)N1CCCCC1. The highest BCUT2D eigenvalue weighted by Gasteiger charge is 2.22. The summed E-state index contributed by atoms with van der Waals surface area (Å²) in [6.07, 6.45) is 3.35. The highest BCUT2D eigenvalue weighted by Crippen LogP contribution is 2.21. The molecule has 0 saturated carbocycles. The lowest BCUT2D eigenvalue weighted by atomic mass is 10.1. The Hall–Kier alpha value is -2.22. The van der Waals surface area contributed by atoms with E-state index >= 15 is 0 Å². The molecule has 0 spiro atoms. The van der Waals surface area contributed by atoms with Gasteiger partial charge >= 0.3 is 0 Å². The summed E-state index contributed by atoms with van der Waals surface area (Å²) in [5.74, 6) is 0.0893. The zero-order chi connectivity index (χ0) is 14.5. The molecule has 0 radical (unpaired) electrons. The Bertz CT molecular complexity index is 529. The molecule has 1 amide bonds. The summed E-state index contributed by atoms with van der Waals surface area (Å²) in [7, 11) is 0. The van der Waals surface area contributed by atoms with Gasteiger partial charge in [-0.1, -0.05) is 0 Å². The van der Waals surface area contributed by atoms with E-state index in [0.29, 0.717) is 16.9 Å². The van der Waals surface area contributed by atoms with Crippen molar-refractivity contribution >= 4 is 17.3 Å². The van der Waals surface area contributed by atoms with E-state index in [1.54, 1.807) is 18.2 Å². The molecule has 1 aromatic carbocycles. The summed E-state index contributed by atoms with van der Waals surface area (Å²) in [4.78, 5) is 14.2. The van der Waals surface area contributed by atoms with Crippen LogP contribution in [0, 0.1) is 11.3 Å². The summed E-state index contributed by atoms with van der Waals surface area (Å²) >= 11 is 0. The largest absolute Gasteiger partial charge is 0.397 e. The fraction of sp³-hybridized carbons (Fsp3) is 0.467. The maximum Gasteiger partial charge on any atom is 0.244 e. The Morgan fingerprint density at radius 1 is 1.40 bits per heavy atom. The van der Waals surface area contributed by atoms with E-state index in [1.807, 2.05) is 11.8 Å². The molecule has 1 aromatic rings. The number of benzene rings is 1. The zero-order valence-electron chi connectivity index (χ0n) is 11.7. The fourth-order valence-corrected chi connectivity index (χ4v) is 2.43. The van der Waals surface area contributed by atoms with E-state index < -0.39 is 0 Å². The number of nitrogens with two attached hydrogens (primary N) is 1. The van der Waals surface area contributed by atoms with Crippen molar-refractivity contribution in [3.05, 3.63) is 23.8 Å². The van der Waals surface area contributed by atoms with Gasteiger partial charge in [-0.15, -0.1) is 0 Å². The number of nitriles is 1. The predicted octanol–water partition coefficient (Wildman–Crippen LogP) is 1.95. The van der Waals surface area contributed by atoms with Gasteiger partial charge in [0, 0.05) is 13.1 Å². The molecule has 20 heavy (non-hydrogen) atoms. The van der Waals surface area contributed by atoms with Crippen LogP contribution in [0.1, 0.15) is 31.7 Å². The minimum Gasteiger partial charge on any atom is -0.397 e. The van der Waals surface area contributed by atoms with Crippen LogP contribution in [-0.2, 0) is 4.79 Å². The summed E-state index contributed by atoms with van der Waals surface area (Å²) in [6, 6.07) is 6.75. The zero-order valence-corrected chi connectivity index (χ0v) is 11.7. The van der Waals surface area contributed by atoms with Crippen molar-refractivity contribution < 1.29 is 4.79 Å². The highest BCUT2D eigenvalue weighted by molar-refractivity contribution is 5.85. The van der Waals surface area contributed by atoms with Crippen molar-refractivity contribution in [2.45, 2.75) is 32.2 Å². The van der Waals surface area contributed by atoms with Gasteiger partial charge in [-0.05, 0) is 44.4 Å². The molecule has 5 heteroatoms. The number of amides is 1. The van der Waals surface area contributed by atoms with Gasteiger partial charge in [-0.3, -0.25) is 4.79 Å². The Balaban J connectivity index is 2.05. The Morgan fingerprint density at radius 3 is 2.75 bits per heavy atom. The first-order chi connectivity index (χ1) is 9.61.